The fourth-order valence-electron chi connectivity index (χ4n) is 1.66. The molecule has 3 rings (SSSR count). The fraction of sp³-hybridized carbons (Fsp3) is 0.500. The van der Waals surface area contributed by atoms with Crippen molar-refractivity contribution >= 4 is 0 Å². The predicted octanol–water partition coefficient (Wildman–Crippen LogP) is 1.70. The Morgan fingerprint density at radius 1 is 1.24 bits per heavy atom. The molecule has 0 atom stereocenters. The van der Waals surface area contributed by atoms with E-state index in [1.807, 2.05) is 12.1 Å². The summed E-state index contributed by atoms with van der Waals surface area (Å²) in [5.41, 5.74) is 0. The van der Waals surface area contributed by atoms with Crippen LogP contribution >= 0.6 is 0 Å². The van der Waals surface area contributed by atoms with E-state index in [9.17, 15) is 0 Å². The van der Waals surface area contributed by atoms with E-state index < -0.39 is 0 Å². The Kier molecular flexibility index (Phi) is 2.92. The van der Waals surface area contributed by atoms with E-state index in [0.717, 1.165) is 18.6 Å². The van der Waals surface area contributed by atoms with Gasteiger partial charge in [0, 0.05) is 18.9 Å². The average molecular weight is 233 g/mol. The zero-order valence-electron chi connectivity index (χ0n) is 9.56. The summed E-state index contributed by atoms with van der Waals surface area (Å²) in [5.74, 6) is 2.29. The number of aromatic nitrogens is 2. The van der Waals surface area contributed by atoms with Crippen molar-refractivity contribution < 1.29 is 8.83 Å². The van der Waals surface area contributed by atoms with Crippen molar-refractivity contribution in [3.8, 4) is 0 Å². The van der Waals surface area contributed by atoms with Crippen LogP contribution in [0.1, 0.15) is 30.4 Å². The number of nitrogens with zero attached hydrogens (tertiary/aromatic N) is 2. The Morgan fingerprint density at radius 2 is 2.12 bits per heavy atom. The van der Waals surface area contributed by atoms with Gasteiger partial charge in [-0.1, -0.05) is 0 Å². The molecule has 0 saturated heterocycles. The molecule has 1 fully saturated rings. The molecule has 17 heavy (non-hydrogen) atoms. The summed E-state index contributed by atoms with van der Waals surface area (Å²) in [4.78, 5) is 0. The zero-order chi connectivity index (χ0) is 11.5. The van der Waals surface area contributed by atoms with Crippen LogP contribution in [0.2, 0.25) is 0 Å². The maximum absolute atomic E-state index is 5.53. The number of hydrogen-bond donors (Lipinski definition) is 1. The van der Waals surface area contributed by atoms with Crippen LogP contribution in [0.15, 0.2) is 27.2 Å². The minimum atomic E-state index is 0.661. The van der Waals surface area contributed by atoms with Gasteiger partial charge in [0.25, 0.3) is 0 Å². The van der Waals surface area contributed by atoms with E-state index in [-0.39, 0.29) is 0 Å². The summed E-state index contributed by atoms with van der Waals surface area (Å²) in [7, 11) is 0. The molecule has 1 aliphatic carbocycles. The minimum Gasteiger partial charge on any atom is -0.469 e. The molecule has 0 spiro atoms. The number of nitrogens with one attached hydrogen (secondary N) is 1. The number of furan rings is 1. The lowest BCUT2D eigenvalue weighted by molar-refractivity contribution is 0.422. The molecule has 90 valence electrons. The van der Waals surface area contributed by atoms with Crippen molar-refractivity contribution in [2.45, 2.75) is 38.3 Å². The summed E-state index contributed by atoms with van der Waals surface area (Å²) in [5, 5.41) is 11.4. The van der Waals surface area contributed by atoms with Crippen LogP contribution in [0.4, 0.5) is 0 Å². The monoisotopic (exact) mass is 233 g/mol. The summed E-state index contributed by atoms with van der Waals surface area (Å²) in [6.07, 6.45) is 5.72. The Bertz CT molecular complexity index is 460. The van der Waals surface area contributed by atoms with Gasteiger partial charge in [0.15, 0.2) is 0 Å². The third-order valence-corrected chi connectivity index (χ3v) is 2.79. The van der Waals surface area contributed by atoms with E-state index in [1.54, 1.807) is 6.26 Å². The fourth-order valence-corrected chi connectivity index (χ4v) is 1.66. The lowest BCUT2D eigenvalue weighted by atomic mass is 10.2. The van der Waals surface area contributed by atoms with Gasteiger partial charge in [0.05, 0.1) is 12.8 Å². The lowest BCUT2D eigenvalue weighted by Gasteiger charge is -1.95. The molecule has 0 aliphatic heterocycles. The second-order valence-electron chi connectivity index (χ2n) is 4.32. The van der Waals surface area contributed by atoms with E-state index in [2.05, 4.69) is 15.5 Å². The van der Waals surface area contributed by atoms with Gasteiger partial charge in [-0.05, 0) is 25.0 Å². The van der Waals surface area contributed by atoms with Crippen molar-refractivity contribution in [2.75, 3.05) is 0 Å². The summed E-state index contributed by atoms with van der Waals surface area (Å²) >= 11 is 0. The quantitative estimate of drug-likeness (QED) is 0.822. The molecule has 2 heterocycles. The van der Waals surface area contributed by atoms with E-state index in [1.165, 1.54) is 12.8 Å². The van der Waals surface area contributed by atoms with Gasteiger partial charge < -0.3 is 14.2 Å². The number of rotatable bonds is 6. The van der Waals surface area contributed by atoms with Crippen LogP contribution in [-0.2, 0) is 19.4 Å². The Balaban J connectivity index is 1.49. The largest absolute Gasteiger partial charge is 0.469 e. The SMILES string of the molecule is c1coc(CCc2nnc(CNC3CC3)o2)c1. The molecule has 1 saturated carbocycles. The first kappa shape index (κ1) is 10.5. The molecule has 0 aromatic carbocycles. The van der Waals surface area contributed by atoms with Crippen LogP contribution < -0.4 is 5.32 Å². The van der Waals surface area contributed by atoms with E-state index in [0.29, 0.717) is 24.4 Å². The summed E-state index contributed by atoms with van der Waals surface area (Å²) in [6, 6.07) is 4.49. The molecular formula is C12H15N3O2. The van der Waals surface area contributed by atoms with Crippen LogP contribution in [0.3, 0.4) is 0 Å². The van der Waals surface area contributed by atoms with Crippen LogP contribution in [0.25, 0.3) is 0 Å². The first-order valence-corrected chi connectivity index (χ1v) is 5.97. The molecule has 5 nitrogen and oxygen atoms in total. The topological polar surface area (TPSA) is 64.1 Å². The molecule has 5 heteroatoms. The Morgan fingerprint density at radius 3 is 2.88 bits per heavy atom. The standard InChI is InChI=1S/C12H15N3O2/c1-2-10(16-7-1)5-6-11-14-15-12(17-11)8-13-9-3-4-9/h1-2,7,9,13H,3-6,8H2. The smallest absolute Gasteiger partial charge is 0.230 e. The van der Waals surface area contributed by atoms with Crippen molar-refractivity contribution in [1.29, 1.82) is 0 Å². The average Bonchev–Trinajstić information content (AvgIpc) is 2.86. The normalized spacial score (nSPS) is 15.3. The highest BCUT2D eigenvalue weighted by atomic mass is 16.4. The van der Waals surface area contributed by atoms with Crippen molar-refractivity contribution in [3.05, 3.63) is 35.9 Å². The first-order chi connectivity index (χ1) is 8.40. The van der Waals surface area contributed by atoms with Gasteiger partial charge in [0.1, 0.15) is 5.76 Å². The molecule has 0 amide bonds. The van der Waals surface area contributed by atoms with Gasteiger partial charge in [-0.15, -0.1) is 10.2 Å². The maximum Gasteiger partial charge on any atom is 0.230 e. The van der Waals surface area contributed by atoms with Crippen molar-refractivity contribution in [1.82, 2.24) is 15.5 Å². The van der Waals surface area contributed by atoms with Gasteiger partial charge in [-0.3, -0.25) is 0 Å². The lowest BCUT2D eigenvalue weighted by Crippen LogP contribution is -2.15. The highest BCUT2D eigenvalue weighted by Gasteiger charge is 2.21. The second kappa shape index (κ2) is 4.71. The van der Waals surface area contributed by atoms with Gasteiger partial charge >= 0.3 is 0 Å². The van der Waals surface area contributed by atoms with Crippen LogP contribution in [0.5, 0.6) is 0 Å². The first-order valence-electron chi connectivity index (χ1n) is 5.97. The minimum absolute atomic E-state index is 0.661. The maximum atomic E-state index is 5.53. The Hall–Kier alpha value is -1.62. The summed E-state index contributed by atoms with van der Waals surface area (Å²) < 4.78 is 10.8. The molecule has 2 aromatic rings. The van der Waals surface area contributed by atoms with Crippen molar-refractivity contribution in [2.24, 2.45) is 0 Å². The third-order valence-electron chi connectivity index (χ3n) is 2.79. The Labute approximate surface area is 99.2 Å². The zero-order valence-corrected chi connectivity index (χ0v) is 9.56. The van der Waals surface area contributed by atoms with Gasteiger partial charge in [-0.2, -0.15) is 0 Å². The van der Waals surface area contributed by atoms with Crippen LogP contribution in [0, 0.1) is 0 Å². The molecule has 0 unspecified atom stereocenters. The third kappa shape index (κ3) is 2.94. The molecular weight excluding hydrogens is 218 g/mol. The number of hydrogen-bond acceptors (Lipinski definition) is 5. The predicted molar refractivity (Wildman–Crippen MR) is 60.3 cm³/mol. The highest BCUT2D eigenvalue weighted by Crippen LogP contribution is 2.19. The van der Waals surface area contributed by atoms with E-state index >= 15 is 0 Å². The van der Waals surface area contributed by atoms with Crippen molar-refractivity contribution in [3.63, 3.8) is 0 Å². The second-order valence-corrected chi connectivity index (χ2v) is 4.32. The molecule has 1 aliphatic rings. The molecule has 2 aromatic heterocycles. The highest BCUT2D eigenvalue weighted by molar-refractivity contribution is 4.99. The van der Waals surface area contributed by atoms with Gasteiger partial charge in [0.2, 0.25) is 11.8 Å². The summed E-state index contributed by atoms with van der Waals surface area (Å²) in [6.45, 7) is 0.679. The molecule has 1 N–H and O–H groups in total. The van der Waals surface area contributed by atoms with E-state index in [4.69, 9.17) is 8.83 Å². The van der Waals surface area contributed by atoms with Crippen LogP contribution in [-0.4, -0.2) is 16.2 Å². The number of aryl methyl sites for hydroxylation is 2. The molecule has 0 radical (unpaired) electrons. The van der Waals surface area contributed by atoms with Gasteiger partial charge in [-0.25, -0.2) is 0 Å². The molecule has 0 bridgehead atoms.